The summed E-state index contributed by atoms with van der Waals surface area (Å²) in [5, 5.41) is 0.802. The lowest BCUT2D eigenvalue weighted by Crippen LogP contribution is -2.02. The highest BCUT2D eigenvalue weighted by Gasteiger charge is 2.05. The Hall–Kier alpha value is 0.350. The van der Waals surface area contributed by atoms with Crippen molar-refractivity contribution in [2.75, 3.05) is 5.75 Å². The van der Waals surface area contributed by atoms with E-state index in [9.17, 15) is 0 Å². The average Bonchev–Trinajstić information content (AvgIpc) is 1.84. The van der Waals surface area contributed by atoms with Gasteiger partial charge in [0.15, 0.2) is 0 Å². The molecule has 0 spiro atoms. The molecule has 0 aromatic carbocycles. The zero-order valence-corrected chi connectivity index (χ0v) is 10.1. The second kappa shape index (κ2) is 6.82. The van der Waals surface area contributed by atoms with Gasteiger partial charge < -0.3 is 0 Å². The van der Waals surface area contributed by atoms with Crippen LogP contribution in [0.2, 0.25) is 0 Å². The van der Waals surface area contributed by atoms with E-state index in [-0.39, 0.29) is 0 Å². The van der Waals surface area contributed by atoms with E-state index in [2.05, 4.69) is 46.4 Å². The van der Waals surface area contributed by atoms with Crippen LogP contribution < -0.4 is 0 Å². The van der Waals surface area contributed by atoms with E-state index < -0.39 is 0 Å². The minimum Gasteiger partial charge on any atom is -0.159 e. The summed E-state index contributed by atoms with van der Waals surface area (Å²) in [6, 6.07) is 0. The van der Waals surface area contributed by atoms with Gasteiger partial charge in [0.1, 0.15) is 0 Å². The van der Waals surface area contributed by atoms with Gasteiger partial charge in [0.05, 0.1) is 0 Å². The highest BCUT2D eigenvalue weighted by atomic mass is 32.2. The molecule has 74 valence electrons. The minimum absolute atomic E-state index is 0.802. The summed E-state index contributed by atoms with van der Waals surface area (Å²) in [7, 11) is 0. The molecule has 0 aromatic heterocycles. The lowest BCUT2D eigenvalue weighted by Gasteiger charge is -2.13. The van der Waals surface area contributed by atoms with E-state index >= 15 is 0 Å². The van der Waals surface area contributed by atoms with Crippen molar-refractivity contribution in [3.63, 3.8) is 0 Å². The Balaban J connectivity index is 3.25. The minimum atomic E-state index is 0.802. The maximum absolute atomic E-state index is 2.38. The molecule has 0 aliphatic heterocycles. The van der Waals surface area contributed by atoms with Gasteiger partial charge in [0.2, 0.25) is 0 Å². The summed E-state index contributed by atoms with van der Waals surface area (Å²) in [6.45, 7) is 11.6. The van der Waals surface area contributed by atoms with Gasteiger partial charge >= 0.3 is 0 Å². The van der Waals surface area contributed by atoms with Gasteiger partial charge in [0, 0.05) is 0 Å². The highest BCUT2D eigenvalue weighted by molar-refractivity contribution is 7.99. The third-order valence-corrected chi connectivity index (χ3v) is 3.07. The van der Waals surface area contributed by atoms with Gasteiger partial charge in [-0.15, -0.1) is 0 Å². The molecule has 0 saturated carbocycles. The van der Waals surface area contributed by atoms with Crippen LogP contribution in [0.3, 0.4) is 0 Å². The summed E-state index contributed by atoms with van der Waals surface area (Å²) in [5.74, 6) is 3.12. The lowest BCUT2D eigenvalue weighted by molar-refractivity contribution is 0.431. The Morgan fingerprint density at radius 1 is 1.00 bits per heavy atom. The van der Waals surface area contributed by atoms with Gasteiger partial charge in [-0.2, -0.15) is 11.8 Å². The number of hydrogen-bond donors (Lipinski definition) is 0. The molecule has 1 atom stereocenters. The highest BCUT2D eigenvalue weighted by Crippen LogP contribution is 2.19. The summed E-state index contributed by atoms with van der Waals surface area (Å²) in [6.07, 6.45) is 2.78. The molecule has 12 heavy (non-hydrogen) atoms. The van der Waals surface area contributed by atoms with Crippen LogP contribution in [0.5, 0.6) is 0 Å². The Morgan fingerprint density at radius 3 is 2.00 bits per heavy atom. The standard InChI is InChI=1S/C11H24S/c1-9(2)8-11(5)6-7-12-10(3)4/h9-11H,6-8H2,1-5H3/t11-/m0/s1. The third kappa shape index (κ3) is 8.45. The maximum atomic E-state index is 2.38. The van der Waals surface area contributed by atoms with Crippen LogP contribution in [-0.4, -0.2) is 11.0 Å². The fourth-order valence-corrected chi connectivity index (χ4v) is 2.44. The van der Waals surface area contributed by atoms with E-state index in [4.69, 9.17) is 0 Å². The topological polar surface area (TPSA) is 0 Å². The molecule has 0 aliphatic rings. The molecule has 0 rings (SSSR count). The van der Waals surface area contributed by atoms with Crippen LogP contribution in [0, 0.1) is 11.8 Å². The number of thioether (sulfide) groups is 1. The molecule has 0 aliphatic carbocycles. The first kappa shape index (κ1) is 12.3. The quantitative estimate of drug-likeness (QED) is 0.602. The summed E-state index contributed by atoms with van der Waals surface area (Å²) in [5.41, 5.74) is 0. The molecular weight excluding hydrogens is 164 g/mol. The van der Waals surface area contributed by atoms with Gasteiger partial charge in [-0.3, -0.25) is 0 Å². The largest absolute Gasteiger partial charge is 0.159 e. The number of hydrogen-bond acceptors (Lipinski definition) is 1. The summed E-state index contributed by atoms with van der Waals surface area (Å²) in [4.78, 5) is 0. The predicted octanol–water partition coefficient (Wildman–Crippen LogP) is 4.20. The normalized spacial score (nSPS) is 14.2. The van der Waals surface area contributed by atoms with E-state index in [1.165, 1.54) is 18.6 Å². The van der Waals surface area contributed by atoms with Gasteiger partial charge in [-0.05, 0) is 35.7 Å². The Bertz CT molecular complexity index is 97.2. The van der Waals surface area contributed by atoms with Crippen molar-refractivity contribution >= 4 is 11.8 Å². The second-order valence-corrected chi connectivity index (χ2v) is 6.13. The predicted molar refractivity (Wildman–Crippen MR) is 60.8 cm³/mol. The maximum Gasteiger partial charge on any atom is -0.000968 e. The van der Waals surface area contributed by atoms with E-state index in [0.717, 1.165) is 17.1 Å². The molecule has 1 heteroatoms. The lowest BCUT2D eigenvalue weighted by atomic mass is 9.97. The fourth-order valence-electron chi connectivity index (χ4n) is 1.43. The van der Waals surface area contributed by atoms with Crippen molar-refractivity contribution in [3.8, 4) is 0 Å². The van der Waals surface area contributed by atoms with Crippen LogP contribution in [0.4, 0.5) is 0 Å². The van der Waals surface area contributed by atoms with Crippen LogP contribution >= 0.6 is 11.8 Å². The van der Waals surface area contributed by atoms with Crippen molar-refractivity contribution in [1.82, 2.24) is 0 Å². The summed E-state index contributed by atoms with van der Waals surface area (Å²) >= 11 is 2.09. The molecule has 0 bridgehead atoms. The average molecular weight is 188 g/mol. The number of rotatable bonds is 6. The zero-order chi connectivity index (χ0) is 9.56. The van der Waals surface area contributed by atoms with Crippen LogP contribution in [0.25, 0.3) is 0 Å². The van der Waals surface area contributed by atoms with E-state index in [0.29, 0.717) is 0 Å². The second-order valence-electron chi connectivity index (χ2n) is 4.44. The van der Waals surface area contributed by atoms with E-state index in [1.807, 2.05) is 0 Å². The first-order valence-electron chi connectivity index (χ1n) is 5.14. The third-order valence-electron chi connectivity index (χ3n) is 1.94. The molecule has 0 aromatic rings. The van der Waals surface area contributed by atoms with Crippen molar-refractivity contribution in [2.45, 2.75) is 52.7 Å². The molecule has 0 unspecified atom stereocenters. The van der Waals surface area contributed by atoms with Crippen LogP contribution in [0.1, 0.15) is 47.5 Å². The molecule has 0 fully saturated rings. The SMILES string of the molecule is CC(C)C[C@@H](C)CCSC(C)C. The van der Waals surface area contributed by atoms with Crippen molar-refractivity contribution < 1.29 is 0 Å². The summed E-state index contributed by atoms with van der Waals surface area (Å²) < 4.78 is 0. The van der Waals surface area contributed by atoms with Crippen LogP contribution in [0.15, 0.2) is 0 Å². The van der Waals surface area contributed by atoms with Crippen LogP contribution in [-0.2, 0) is 0 Å². The Kier molecular flexibility index (Phi) is 7.02. The molecule has 0 amide bonds. The molecule has 0 saturated heterocycles. The van der Waals surface area contributed by atoms with Gasteiger partial charge in [-0.1, -0.05) is 34.6 Å². The van der Waals surface area contributed by atoms with Gasteiger partial charge in [0.25, 0.3) is 0 Å². The monoisotopic (exact) mass is 188 g/mol. The van der Waals surface area contributed by atoms with Crippen molar-refractivity contribution in [2.24, 2.45) is 11.8 Å². The molecule has 0 nitrogen and oxygen atoms in total. The first-order valence-corrected chi connectivity index (χ1v) is 6.18. The van der Waals surface area contributed by atoms with Crippen molar-refractivity contribution in [3.05, 3.63) is 0 Å². The molecular formula is C11H24S. The fraction of sp³-hybridized carbons (Fsp3) is 1.00. The molecule has 0 N–H and O–H groups in total. The van der Waals surface area contributed by atoms with Gasteiger partial charge in [-0.25, -0.2) is 0 Å². The molecule has 0 heterocycles. The zero-order valence-electron chi connectivity index (χ0n) is 9.26. The Labute approximate surface area is 82.5 Å². The Morgan fingerprint density at radius 2 is 1.58 bits per heavy atom. The first-order chi connectivity index (χ1) is 5.52. The van der Waals surface area contributed by atoms with Crippen molar-refractivity contribution in [1.29, 1.82) is 0 Å². The molecule has 0 radical (unpaired) electrons. The van der Waals surface area contributed by atoms with E-state index in [1.54, 1.807) is 0 Å². The smallest absolute Gasteiger partial charge is 0.000968 e.